The van der Waals surface area contributed by atoms with E-state index in [1.54, 1.807) is 0 Å². The Kier molecular flexibility index (Phi) is 4.85. The van der Waals surface area contributed by atoms with Gasteiger partial charge in [0.15, 0.2) is 0 Å². The highest BCUT2D eigenvalue weighted by Gasteiger charge is 1.98. The number of para-hydroxylation sites is 2. The Balaban J connectivity index is 1.84. The van der Waals surface area contributed by atoms with Crippen LogP contribution in [0.3, 0.4) is 0 Å². The van der Waals surface area contributed by atoms with Crippen LogP contribution < -0.4 is 11.1 Å². The molecule has 2 heteroatoms. The van der Waals surface area contributed by atoms with Crippen LogP contribution in [0.5, 0.6) is 0 Å². The molecule has 3 N–H and O–H groups in total. The lowest BCUT2D eigenvalue weighted by molar-refractivity contribution is 0.918. The highest BCUT2D eigenvalue weighted by atomic mass is 14.9. The van der Waals surface area contributed by atoms with Gasteiger partial charge in [0.1, 0.15) is 0 Å². The van der Waals surface area contributed by atoms with Crippen molar-refractivity contribution in [3.05, 3.63) is 59.7 Å². The summed E-state index contributed by atoms with van der Waals surface area (Å²) in [5.74, 6) is 0. The van der Waals surface area contributed by atoms with Gasteiger partial charge in [0, 0.05) is 6.54 Å². The minimum atomic E-state index is 0.806. The van der Waals surface area contributed by atoms with Crippen LogP contribution in [0.4, 0.5) is 11.4 Å². The zero-order valence-electron chi connectivity index (χ0n) is 11.5. The Morgan fingerprint density at radius 1 is 0.895 bits per heavy atom. The Morgan fingerprint density at radius 3 is 2.16 bits per heavy atom. The molecule has 19 heavy (non-hydrogen) atoms. The third-order valence-corrected chi connectivity index (χ3v) is 3.25. The summed E-state index contributed by atoms with van der Waals surface area (Å²) in [7, 11) is 0. The molecule has 0 unspecified atom stereocenters. The summed E-state index contributed by atoms with van der Waals surface area (Å²) in [6.07, 6.45) is 3.38. The molecule has 0 aromatic heterocycles. The standard InChI is InChI=1S/C17H22N2/c1-2-5-14-8-10-15(11-9-14)12-13-19-17-7-4-3-6-16(17)18/h3-4,6-11,19H,2,5,12-13,18H2,1H3. The van der Waals surface area contributed by atoms with E-state index < -0.39 is 0 Å². The maximum Gasteiger partial charge on any atom is 0.0574 e. The molecule has 0 saturated carbocycles. The van der Waals surface area contributed by atoms with Crippen LogP contribution in [0.2, 0.25) is 0 Å². The van der Waals surface area contributed by atoms with Crippen molar-refractivity contribution in [2.24, 2.45) is 0 Å². The van der Waals surface area contributed by atoms with Gasteiger partial charge in [-0.1, -0.05) is 49.7 Å². The highest BCUT2D eigenvalue weighted by Crippen LogP contribution is 2.16. The Hall–Kier alpha value is -1.96. The zero-order chi connectivity index (χ0) is 13.5. The minimum absolute atomic E-state index is 0.806. The van der Waals surface area contributed by atoms with Gasteiger partial charge in [0.2, 0.25) is 0 Å². The predicted molar refractivity (Wildman–Crippen MR) is 83.5 cm³/mol. The molecule has 0 aliphatic heterocycles. The molecule has 0 aliphatic rings. The fraction of sp³-hybridized carbons (Fsp3) is 0.294. The van der Waals surface area contributed by atoms with Crippen molar-refractivity contribution < 1.29 is 0 Å². The molecule has 0 radical (unpaired) electrons. The molecular weight excluding hydrogens is 232 g/mol. The molecule has 0 heterocycles. The maximum atomic E-state index is 5.89. The number of nitrogens with two attached hydrogens (primary N) is 1. The first-order valence-electron chi connectivity index (χ1n) is 6.96. The first kappa shape index (κ1) is 13.5. The predicted octanol–water partition coefficient (Wildman–Crippen LogP) is 3.88. The van der Waals surface area contributed by atoms with Crippen molar-refractivity contribution >= 4 is 11.4 Å². The number of hydrogen-bond donors (Lipinski definition) is 2. The van der Waals surface area contributed by atoms with E-state index in [0.717, 1.165) is 24.3 Å². The molecule has 0 aliphatic carbocycles. The van der Waals surface area contributed by atoms with Crippen molar-refractivity contribution in [3.63, 3.8) is 0 Å². The van der Waals surface area contributed by atoms with Gasteiger partial charge in [-0.25, -0.2) is 0 Å². The lowest BCUT2D eigenvalue weighted by Crippen LogP contribution is -2.06. The molecule has 0 fully saturated rings. The molecule has 2 rings (SSSR count). The second-order valence-corrected chi connectivity index (χ2v) is 4.83. The Morgan fingerprint density at radius 2 is 1.53 bits per heavy atom. The van der Waals surface area contributed by atoms with E-state index in [1.807, 2.05) is 24.3 Å². The second kappa shape index (κ2) is 6.83. The molecule has 0 amide bonds. The fourth-order valence-corrected chi connectivity index (χ4v) is 2.16. The summed E-state index contributed by atoms with van der Waals surface area (Å²) in [6, 6.07) is 16.8. The quantitative estimate of drug-likeness (QED) is 0.768. The number of hydrogen-bond acceptors (Lipinski definition) is 2. The summed E-state index contributed by atoms with van der Waals surface area (Å²) in [6.45, 7) is 3.11. The van der Waals surface area contributed by atoms with E-state index in [0.29, 0.717) is 0 Å². The summed E-state index contributed by atoms with van der Waals surface area (Å²) in [5.41, 5.74) is 10.5. The van der Waals surface area contributed by atoms with E-state index in [9.17, 15) is 0 Å². The molecule has 0 saturated heterocycles. The van der Waals surface area contributed by atoms with Gasteiger partial charge in [0.05, 0.1) is 11.4 Å². The van der Waals surface area contributed by atoms with Gasteiger partial charge in [-0.15, -0.1) is 0 Å². The third kappa shape index (κ3) is 4.02. The van der Waals surface area contributed by atoms with Gasteiger partial charge in [-0.2, -0.15) is 0 Å². The average Bonchev–Trinajstić information content (AvgIpc) is 2.43. The van der Waals surface area contributed by atoms with Crippen LogP contribution in [0.25, 0.3) is 0 Å². The topological polar surface area (TPSA) is 38.0 Å². The molecule has 2 nitrogen and oxygen atoms in total. The van der Waals surface area contributed by atoms with Crippen molar-refractivity contribution in [2.45, 2.75) is 26.2 Å². The summed E-state index contributed by atoms with van der Waals surface area (Å²) >= 11 is 0. The fourth-order valence-electron chi connectivity index (χ4n) is 2.16. The number of nitrogens with one attached hydrogen (secondary N) is 1. The van der Waals surface area contributed by atoms with Crippen molar-refractivity contribution in [3.8, 4) is 0 Å². The Bertz CT molecular complexity index is 503. The number of nitrogen functional groups attached to an aromatic ring is 1. The van der Waals surface area contributed by atoms with Gasteiger partial charge in [0.25, 0.3) is 0 Å². The van der Waals surface area contributed by atoms with Crippen molar-refractivity contribution in [2.75, 3.05) is 17.6 Å². The minimum Gasteiger partial charge on any atom is -0.397 e. The van der Waals surface area contributed by atoms with Crippen molar-refractivity contribution in [1.82, 2.24) is 0 Å². The van der Waals surface area contributed by atoms with Gasteiger partial charge >= 0.3 is 0 Å². The average molecular weight is 254 g/mol. The van der Waals surface area contributed by atoms with Crippen LogP contribution in [-0.2, 0) is 12.8 Å². The van der Waals surface area contributed by atoms with E-state index in [1.165, 1.54) is 24.0 Å². The smallest absolute Gasteiger partial charge is 0.0574 e. The van der Waals surface area contributed by atoms with Crippen LogP contribution in [-0.4, -0.2) is 6.54 Å². The monoisotopic (exact) mass is 254 g/mol. The SMILES string of the molecule is CCCc1ccc(CCNc2ccccc2N)cc1. The number of benzene rings is 2. The van der Waals surface area contributed by atoms with Gasteiger partial charge < -0.3 is 11.1 Å². The van der Waals surface area contributed by atoms with Gasteiger partial charge in [-0.05, 0) is 36.1 Å². The largest absolute Gasteiger partial charge is 0.397 e. The number of aryl methyl sites for hydroxylation is 1. The Labute approximate surface area is 115 Å². The summed E-state index contributed by atoms with van der Waals surface area (Å²) in [5, 5.41) is 3.38. The zero-order valence-corrected chi connectivity index (χ0v) is 11.5. The normalized spacial score (nSPS) is 10.4. The van der Waals surface area contributed by atoms with E-state index >= 15 is 0 Å². The first-order chi connectivity index (χ1) is 9.29. The molecule has 0 spiro atoms. The summed E-state index contributed by atoms with van der Waals surface area (Å²) < 4.78 is 0. The lowest BCUT2D eigenvalue weighted by Gasteiger charge is -2.09. The van der Waals surface area contributed by atoms with E-state index in [2.05, 4.69) is 36.5 Å². The molecule has 100 valence electrons. The maximum absolute atomic E-state index is 5.89. The van der Waals surface area contributed by atoms with Crippen LogP contribution in [0, 0.1) is 0 Å². The first-order valence-corrected chi connectivity index (χ1v) is 6.96. The van der Waals surface area contributed by atoms with Crippen LogP contribution >= 0.6 is 0 Å². The summed E-state index contributed by atoms with van der Waals surface area (Å²) in [4.78, 5) is 0. The molecule has 2 aromatic carbocycles. The van der Waals surface area contributed by atoms with E-state index in [-0.39, 0.29) is 0 Å². The van der Waals surface area contributed by atoms with E-state index in [4.69, 9.17) is 5.73 Å². The number of anilines is 2. The second-order valence-electron chi connectivity index (χ2n) is 4.83. The van der Waals surface area contributed by atoms with Crippen LogP contribution in [0.1, 0.15) is 24.5 Å². The molecule has 0 bridgehead atoms. The number of rotatable bonds is 6. The van der Waals surface area contributed by atoms with Crippen molar-refractivity contribution in [1.29, 1.82) is 0 Å². The van der Waals surface area contributed by atoms with Gasteiger partial charge in [-0.3, -0.25) is 0 Å². The molecule has 0 atom stereocenters. The van der Waals surface area contributed by atoms with Crippen LogP contribution in [0.15, 0.2) is 48.5 Å². The molecular formula is C17H22N2. The third-order valence-electron chi connectivity index (χ3n) is 3.25. The highest BCUT2D eigenvalue weighted by molar-refractivity contribution is 5.65. The molecule has 2 aromatic rings. The lowest BCUT2D eigenvalue weighted by atomic mass is 10.1.